The van der Waals surface area contributed by atoms with Crippen molar-refractivity contribution in [2.75, 3.05) is 18.4 Å². The molecule has 6 heteroatoms. The van der Waals surface area contributed by atoms with Crippen LogP contribution in [-0.4, -0.2) is 24.0 Å². The number of rotatable bonds is 2. The van der Waals surface area contributed by atoms with Crippen LogP contribution in [0.4, 0.5) is 5.82 Å². The number of nitrogens with zero attached hydrogens (tertiary/aromatic N) is 1. The van der Waals surface area contributed by atoms with E-state index in [-0.39, 0.29) is 36.6 Å². The van der Waals surface area contributed by atoms with Crippen LogP contribution in [0.15, 0.2) is 18.3 Å². The minimum atomic E-state index is 0. The highest BCUT2D eigenvalue weighted by Crippen LogP contribution is 2.12. The van der Waals surface area contributed by atoms with E-state index in [9.17, 15) is 4.79 Å². The fourth-order valence-corrected chi connectivity index (χ4v) is 1.85. The minimum Gasteiger partial charge on any atom is -0.316 e. The molecule has 102 valence electrons. The Hall–Kier alpha value is -0.840. The van der Waals surface area contributed by atoms with Crippen LogP contribution in [0.5, 0.6) is 0 Å². The van der Waals surface area contributed by atoms with Crippen LogP contribution >= 0.6 is 24.8 Å². The molecule has 0 saturated carbocycles. The monoisotopic (exact) mass is 291 g/mol. The Balaban J connectivity index is 0.00000144. The molecule has 0 unspecified atom stereocenters. The molecule has 0 aliphatic carbocycles. The van der Waals surface area contributed by atoms with E-state index in [4.69, 9.17) is 0 Å². The number of aromatic nitrogens is 1. The average Bonchev–Trinajstić information content (AvgIpc) is 2.33. The Kier molecular flexibility index (Phi) is 7.91. The van der Waals surface area contributed by atoms with Crippen molar-refractivity contribution in [3.63, 3.8) is 0 Å². The van der Waals surface area contributed by atoms with Gasteiger partial charge >= 0.3 is 0 Å². The Bertz CT molecular complexity index is 364. The van der Waals surface area contributed by atoms with Crippen LogP contribution in [0, 0.1) is 12.8 Å². The highest BCUT2D eigenvalue weighted by molar-refractivity contribution is 5.91. The predicted molar refractivity (Wildman–Crippen MR) is 77.7 cm³/mol. The first kappa shape index (κ1) is 17.2. The molecule has 1 aliphatic heterocycles. The van der Waals surface area contributed by atoms with Crippen LogP contribution in [0.2, 0.25) is 0 Å². The molecule has 1 aromatic rings. The first-order valence-corrected chi connectivity index (χ1v) is 5.70. The summed E-state index contributed by atoms with van der Waals surface area (Å²) in [4.78, 5) is 16.0. The highest BCUT2D eigenvalue weighted by Gasteiger charge is 2.20. The molecule has 1 aliphatic rings. The van der Waals surface area contributed by atoms with Crippen molar-refractivity contribution in [1.82, 2.24) is 10.3 Å². The van der Waals surface area contributed by atoms with Crippen molar-refractivity contribution in [1.29, 1.82) is 0 Å². The van der Waals surface area contributed by atoms with E-state index in [0.717, 1.165) is 31.5 Å². The number of hydrogen-bond acceptors (Lipinski definition) is 3. The molecule has 4 nitrogen and oxygen atoms in total. The van der Waals surface area contributed by atoms with Crippen LogP contribution in [0.3, 0.4) is 0 Å². The van der Waals surface area contributed by atoms with Gasteiger partial charge in [-0.05, 0) is 37.9 Å². The molecule has 18 heavy (non-hydrogen) atoms. The lowest BCUT2D eigenvalue weighted by Crippen LogP contribution is -2.37. The van der Waals surface area contributed by atoms with Gasteiger partial charge < -0.3 is 10.6 Å². The number of carbonyl (C=O) groups excluding carboxylic acids is 1. The third kappa shape index (κ3) is 4.80. The summed E-state index contributed by atoms with van der Waals surface area (Å²) >= 11 is 0. The molecule has 1 amide bonds. The second kappa shape index (κ2) is 8.29. The molecule has 2 heterocycles. The zero-order valence-electron chi connectivity index (χ0n) is 10.3. The number of aryl methyl sites for hydroxylation is 1. The topological polar surface area (TPSA) is 54.0 Å². The lowest BCUT2D eigenvalue weighted by molar-refractivity contribution is -0.120. The van der Waals surface area contributed by atoms with Crippen LogP contribution in [-0.2, 0) is 4.79 Å². The number of nitrogens with one attached hydrogen (secondary N) is 2. The highest BCUT2D eigenvalue weighted by atomic mass is 35.5. The van der Waals surface area contributed by atoms with Gasteiger partial charge in [0.2, 0.25) is 5.91 Å². The van der Waals surface area contributed by atoms with Crippen LogP contribution < -0.4 is 10.6 Å². The number of amides is 1. The summed E-state index contributed by atoms with van der Waals surface area (Å²) in [6.45, 7) is 3.77. The fourth-order valence-electron chi connectivity index (χ4n) is 1.85. The molecule has 1 fully saturated rings. The fraction of sp³-hybridized carbons (Fsp3) is 0.500. The lowest BCUT2D eigenvalue weighted by Gasteiger charge is -2.21. The third-order valence-corrected chi connectivity index (χ3v) is 2.83. The van der Waals surface area contributed by atoms with Gasteiger partial charge in [0.15, 0.2) is 0 Å². The quantitative estimate of drug-likeness (QED) is 0.878. The maximum absolute atomic E-state index is 11.9. The number of anilines is 1. The van der Waals surface area contributed by atoms with Gasteiger partial charge in [-0.15, -0.1) is 24.8 Å². The Morgan fingerprint density at radius 1 is 1.44 bits per heavy atom. The van der Waals surface area contributed by atoms with E-state index in [0.29, 0.717) is 5.82 Å². The van der Waals surface area contributed by atoms with Gasteiger partial charge in [-0.3, -0.25) is 4.79 Å². The molecule has 2 N–H and O–H groups in total. The molecule has 0 spiro atoms. The third-order valence-electron chi connectivity index (χ3n) is 2.83. The summed E-state index contributed by atoms with van der Waals surface area (Å²) in [6, 6.07) is 3.78. The Morgan fingerprint density at radius 2 is 2.22 bits per heavy atom. The number of hydrogen-bond donors (Lipinski definition) is 2. The largest absolute Gasteiger partial charge is 0.316 e. The number of piperidine rings is 1. The number of pyridine rings is 1. The van der Waals surface area contributed by atoms with Crippen molar-refractivity contribution >= 4 is 36.5 Å². The molecule has 0 aromatic carbocycles. The molecule has 0 radical (unpaired) electrons. The summed E-state index contributed by atoms with van der Waals surface area (Å²) in [7, 11) is 0. The van der Waals surface area contributed by atoms with Crippen molar-refractivity contribution in [3.8, 4) is 0 Å². The van der Waals surface area contributed by atoms with E-state index < -0.39 is 0 Å². The van der Waals surface area contributed by atoms with Gasteiger partial charge in [0, 0.05) is 12.7 Å². The zero-order chi connectivity index (χ0) is 11.4. The van der Waals surface area contributed by atoms with Crippen LogP contribution in [0.25, 0.3) is 0 Å². The molecule has 2 rings (SSSR count). The standard InChI is InChI=1S/C12H17N3O.2ClH/c1-9-4-5-11(14-7-9)15-12(16)10-3-2-6-13-8-10;;/h4-5,7,10,13H,2-3,6,8H2,1H3,(H,14,15,16);2*1H/t10-;;/m1../s1. The van der Waals surface area contributed by atoms with Gasteiger partial charge in [-0.1, -0.05) is 6.07 Å². The molecule has 1 aromatic heterocycles. The van der Waals surface area contributed by atoms with E-state index in [2.05, 4.69) is 15.6 Å². The summed E-state index contributed by atoms with van der Waals surface area (Å²) < 4.78 is 0. The summed E-state index contributed by atoms with van der Waals surface area (Å²) in [6.07, 6.45) is 3.79. The first-order chi connectivity index (χ1) is 7.75. The van der Waals surface area contributed by atoms with Crippen molar-refractivity contribution in [2.24, 2.45) is 5.92 Å². The smallest absolute Gasteiger partial charge is 0.229 e. The maximum Gasteiger partial charge on any atom is 0.229 e. The normalized spacial score (nSPS) is 18.2. The minimum absolute atomic E-state index is 0. The van der Waals surface area contributed by atoms with Crippen molar-refractivity contribution in [2.45, 2.75) is 19.8 Å². The zero-order valence-corrected chi connectivity index (χ0v) is 11.9. The number of halogens is 2. The van der Waals surface area contributed by atoms with Crippen LogP contribution in [0.1, 0.15) is 18.4 Å². The van der Waals surface area contributed by atoms with E-state index >= 15 is 0 Å². The summed E-state index contributed by atoms with van der Waals surface area (Å²) in [5.74, 6) is 0.793. The Morgan fingerprint density at radius 3 is 2.78 bits per heavy atom. The van der Waals surface area contributed by atoms with E-state index in [1.807, 2.05) is 19.1 Å². The molecular weight excluding hydrogens is 273 g/mol. The van der Waals surface area contributed by atoms with Gasteiger partial charge in [0.25, 0.3) is 0 Å². The van der Waals surface area contributed by atoms with E-state index in [1.165, 1.54) is 0 Å². The number of carbonyl (C=O) groups is 1. The van der Waals surface area contributed by atoms with Gasteiger partial charge in [0.1, 0.15) is 5.82 Å². The second-order valence-corrected chi connectivity index (χ2v) is 4.25. The van der Waals surface area contributed by atoms with Gasteiger partial charge in [-0.2, -0.15) is 0 Å². The SMILES string of the molecule is Cc1ccc(NC(=O)[C@@H]2CCCNC2)nc1.Cl.Cl. The average molecular weight is 292 g/mol. The molecular formula is C12H19Cl2N3O. The summed E-state index contributed by atoms with van der Waals surface area (Å²) in [5, 5.41) is 6.08. The van der Waals surface area contributed by atoms with Gasteiger partial charge in [-0.25, -0.2) is 4.98 Å². The second-order valence-electron chi connectivity index (χ2n) is 4.25. The molecule has 1 saturated heterocycles. The molecule has 1 atom stereocenters. The summed E-state index contributed by atoms with van der Waals surface area (Å²) in [5.41, 5.74) is 1.09. The van der Waals surface area contributed by atoms with Crippen molar-refractivity contribution in [3.05, 3.63) is 23.9 Å². The maximum atomic E-state index is 11.9. The Labute approximate surface area is 120 Å². The first-order valence-electron chi connectivity index (χ1n) is 5.70. The van der Waals surface area contributed by atoms with Gasteiger partial charge in [0.05, 0.1) is 5.92 Å². The molecule has 0 bridgehead atoms. The lowest BCUT2D eigenvalue weighted by atomic mass is 9.99. The van der Waals surface area contributed by atoms with E-state index in [1.54, 1.807) is 6.20 Å². The predicted octanol–water partition coefficient (Wildman–Crippen LogP) is 2.17. The van der Waals surface area contributed by atoms with Crippen molar-refractivity contribution < 1.29 is 4.79 Å².